The molecular formula is C25H18F2N2O3S. The first-order chi connectivity index (χ1) is 15.9. The Morgan fingerprint density at radius 1 is 1.09 bits per heavy atom. The summed E-state index contributed by atoms with van der Waals surface area (Å²) in [6.07, 6.45) is 0. The molecule has 0 saturated carbocycles. The first-order valence-electron chi connectivity index (χ1n) is 10.3. The quantitative estimate of drug-likeness (QED) is 0.325. The van der Waals surface area contributed by atoms with Gasteiger partial charge in [0.15, 0.2) is 0 Å². The summed E-state index contributed by atoms with van der Waals surface area (Å²) in [6.45, 7) is 1.75. The van der Waals surface area contributed by atoms with Crippen molar-refractivity contribution in [2.45, 2.75) is 17.3 Å². The molecular weight excluding hydrogens is 446 g/mol. The number of esters is 1. The van der Waals surface area contributed by atoms with Gasteiger partial charge >= 0.3 is 5.97 Å². The summed E-state index contributed by atoms with van der Waals surface area (Å²) in [6, 6.07) is 15.5. The smallest absolute Gasteiger partial charge is 0.344 e. The van der Waals surface area contributed by atoms with Crippen LogP contribution >= 0.6 is 11.8 Å². The average Bonchev–Trinajstić information content (AvgIpc) is 2.78. The maximum absolute atomic E-state index is 15.1. The van der Waals surface area contributed by atoms with Gasteiger partial charge in [0, 0.05) is 16.6 Å². The number of nitrogens with two attached hydrogens (primary N) is 1. The number of anilines is 1. The van der Waals surface area contributed by atoms with Gasteiger partial charge in [-0.3, -0.25) is 4.79 Å². The van der Waals surface area contributed by atoms with E-state index < -0.39 is 17.2 Å². The third-order valence-electron chi connectivity index (χ3n) is 5.56. The van der Waals surface area contributed by atoms with E-state index in [-0.39, 0.29) is 28.7 Å². The zero-order valence-electron chi connectivity index (χ0n) is 17.5. The van der Waals surface area contributed by atoms with Crippen molar-refractivity contribution >= 4 is 34.3 Å². The van der Waals surface area contributed by atoms with Gasteiger partial charge in [0.25, 0.3) is 0 Å². The molecule has 2 N–H and O–H groups in total. The van der Waals surface area contributed by atoms with Crippen molar-refractivity contribution in [1.29, 1.82) is 0 Å². The van der Waals surface area contributed by atoms with Crippen LogP contribution in [0.2, 0.25) is 0 Å². The SMILES string of the molecule is CCOC(=O)c1c2n(c3cc(-c4ccc(N)cc4)c(F)cc3c1=O)C(c1ccc(F)cc1)S2. The normalized spacial score (nSPS) is 14.6. The summed E-state index contributed by atoms with van der Waals surface area (Å²) in [5, 5.41) is 0.197. The summed E-state index contributed by atoms with van der Waals surface area (Å²) in [4.78, 5) is 25.8. The van der Waals surface area contributed by atoms with Crippen LogP contribution in [0, 0.1) is 11.6 Å². The van der Waals surface area contributed by atoms with E-state index in [0.29, 0.717) is 27.4 Å². The van der Waals surface area contributed by atoms with Crippen LogP contribution in [-0.2, 0) is 4.74 Å². The second-order valence-electron chi connectivity index (χ2n) is 7.59. The lowest BCUT2D eigenvalue weighted by Crippen LogP contribution is -2.30. The van der Waals surface area contributed by atoms with Crippen LogP contribution in [0.5, 0.6) is 0 Å². The number of rotatable bonds is 4. The molecule has 5 rings (SSSR count). The van der Waals surface area contributed by atoms with E-state index in [1.54, 1.807) is 54.0 Å². The lowest BCUT2D eigenvalue weighted by atomic mass is 10.0. The molecule has 0 saturated heterocycles. The fraction of sp³-hybridized carbons (Fsp3) is 0.120. The number of carbonyl (C=O) groups is 1. The number of thioether (sulfide) groups is 1. The number of nitrogens with zero attached hydrogens (tertiary/aromatic N) is 1. The van der Waals surface area contributed by atoms with Gasteiger partial charge in [0.05, 0.1) is 17.1 Å². The van der Waals surface area contributed by atoms with E-state index in [0.717, 1.165) is 11.6 Å². The van der Waals surface area contributed by atoms with E-state index >= 15 is 4.39 Å². The zero-order chi connectivity index (χ0) is 23.3. The molecule has 166 valence electrons. The molecule has 1 unspecified atom stereocenters. The number of carbonyl (C=O) groups excluding carboxylic acids is 1. The van der Waals surface area contributed by atoms with Crippen molar-refractivity contribution in [3.8, 4) is 11.1 Å². The highest BCUT2D eigenvalue weighted by Crippen LogP contribution is 2.50. The number of benzene rings is 3. The van der Waals surface area contributed by atoms with Gasteiger partial charge in [-0.05, 0) is 54.4 Å². The fourth-order valence-electron chi connectivity index (χ4n) is 3.97. The van der Waals surface area contributed by atoms with Crippen LogP contribution in [0.15, 0.2) is 70.5 Å². The molecule has 8 heteroatoms. The minimum absolute atomic E-state index is 0.0749. The van der Waals surface area contributed by atoms with Gasteiger partial charge in [-0.25, -0.2) is 13.6 Å². The number of ether oxygens (including phenoxy) is 1. The van der Waals surface area contributed by atoms with E-state index in [4.69, 9.17) is 10.5 Å². The van der Waals surface area contributed by atoms with E-state index in [2.05, 4.69) is 0 Å². The summed E-state index contributed by atoms with van der Waals surface area (Å²) in [5.41, 5.74) is 7.77. The Labute approximate surface area is 191 Å². The van der Waals surface area contributed by atoms with Crippen LogP contribution in [0.25, 0.3) is 22.0 Å². The highest BCUT2D eigenvalue weighted by atomic mass is 32.2. The molecule has 3 aromatic carbocycles. The molecule has 0 bridgehead atoms. The fourth-order valence-corrected chi connectivity index (χ4v) is 5.25. The lowest BCUT2D eigenvalue weighted by molar-refractivity contribution is 0.0518. The van der Waals surface area contributed by atoms with Gasteiger partial charge in [-0.2, -0.15) is 0 Å². The van der Waals surface area contributed by atoms with Gasteiger partial charge < -0.3 is 15.0 Å². The predicted octanol–water partition coefficient (Wildman–Crippen LogP) is 5.36. The molecule has 1 atom stereocenters. The molecule has 0 radical (unpaired) electrons. The van der Waals surface area contributed by atoms with Crippen LogP contribution in [-0.4, -0.2) is 17.1 Å². The van der Waals surface area contributed by atoms with Crippen molar-refractivity contribution in [3.05, 3.63) is 93.6 Å². The number of halogens is 2. The largest absolute Gasteiger partial charge is 0.462 e. The predicted molar refractivity (Wildman–Crippen MR) is 124 cm³/mol. The van der Waals surface area contributed by atoms with Gasteiger partial charge in [0.2, 0.25) is 5.43 Å². The first kappa shape index (κ1) is 21.2. The highest BCUT2D eigenvalue weighted by Gasteiger charge is 2.37. The molecule has 0 aliphatic carbocycles. The van der Waals surface area contributed by atoms with E-state index in [1.807, 2.05) is 0 Å². The maximum atomic E-state index is 15.1. The molecule has 1 aromatic heterocycles. The molecule has 4 aromatic rings. The van der Waals surface area contributed by atoms with E-state index in [9.17, 15) is 14.0 Å². The maximum Gasteiger partial charge on any atom is 0.344 e. The Balaban J connectivity index is 1.79. The van der Waals surface area contributed by atoms with Crippen LogP contribution in [0.4, 0.5) is 14.5 Å². The Kier molecular flexibility index (Phi) is 5.17. The topological polar surface area (TPSA) is 74.3 Å². The van der Waals surface area contributed by atoms with Crippen molar-refractivity contribution < 1.29 is 18.3 Å². The number of hydrogen-bond acceptors (Lipinski definition) is 5. The van der Waals surface area contributed by atoms with Gasteiger partial charge in [-0.1, -0.05) is 36.0 Å². The third-order valence-corrected chi connectivity index (χ3v) is 6.89. The number of aromatic nitrogens is 1. The zero-order valence-corrected chi connectivity index (χ0v) is 18.3. The molecule has 33 heavy (non-hydrogen) atoms. The molecule has 0 amide bonds. The minimum atomic E-state index is -0.749. The number of pyridine rings is 1. The molecule has 5 nitrogen and oxygen atoms in total. The number of nitrogen functional groups attached to an aromatic ring is 1. The Morgan fingerprint density at radius 2 is 1.79 bits per heavy atom. The minimum Gasteiger partial charge on any atom is -0.462 e. The van der Waals surface area contributed by atoms with E-state index in [1.165, 1.54) is 23.9 Å². The molecule has 2 heterocycles. The highest BCUT2D eigenvalue weighted by molar-refractivity contribution is 8.00. The molecule has 1 aliphatic rings. The Bertz CT molecular complexity index is 1470. The summed E-state index contributed by atoms with van der Waals surface area (Å²) >= 11 is 1.31. The van der Waals surface area contributed by atoms with Crippen LogP contribution < -0.4 is 11.2 Å². The monoisotopic (exact) mass is 464 g/mol. The standard InChI is InChI=1S/C25H18F2N2O3S/c1-2-32-25(31)21-22(30)18-11-19(27)17(13-5-9-16(28)10-6-13)12-20(18)29-23(33-24(21)29)14-3-7-15(26)8-4-14/h3-12,23H,2,28H2,1H3. The van der Waals surface area contributed by atoms with Gasteiger partial charge in [-0.15, -0.1) is 0 Å². The molecule has 0 fully saturated rings. The summed E-state index contributed by atoms with van der Waals surface area (Å²) in [5.74, 6) is -1.71. The summed E-state index contributed by atoms with van der Waals surface area (Å²) < 4.78 is 35.5. The molecule has 0 spiro atoms. The summed E-state index contributed by atoms with van der Waals surface area (Å²) in [7, 11) is 0. The van der Waals surface area contributed by atoms with Crippen molar-refractivity contribution in [3.63, 3.8) is 0 Å². The van der Waals surface area contributed by atoms with Crippen molar-refractivity contribution in [1.82, 2.24) is 4.57 Å². The molecule has 1 aliphatic heterocycles. The van der Waals surface area contributed by atoms with Crippen LogP contribution in [0.3, 0.4) is 0 Å². The van der Waals surface area contributed by atoms with Crippen molar-refractivity contribution in [2.24, 2.45) is 0 Å². The Morgan fingerprint density at radius 3 is 2.45 bits per heavy atom. The second kappa shape index (κ2) is 8.04. The second-order valence-corrected chi connectivity index (χ2v) is 8.66. The Hall–Kier alpha value is -3.65. The first-order valence-corrected chi connectivity index (χ1v) is 11.1. The number of hydrogen-bond donors (Lipinski definition) is 1. The average molecular weight is 464 g/mol. The van der Waals surface area contributed by atoms with Gasteiger partial charge in [0.1, 0.15) is 22.6 Å². The third kappa shape index (κ3) is 3.47. The van der Waals surface area contributed by atoms with Crippen LogP contribution in [0.1, 0.15) is 28.2 Å². The lowest BCUT2D eigenvalue weighted by Gasteiger charge is -2.35. The number of fused-ring (bicyclic) bond motifs is 3. The van der Waals surface area contributed by atoms with Crippen molar-refractivity contribution in [2.75, 3.05) is 12.3 Å².